The van der Waals surface area contributed by atoms with Crippen LogP contribution in [0.4, 0.5) is 10.1 Å². The quantitative estimate of drug-likeness (QED) is 0.878. The van der Waals surface area contributed by atoms with Gasteiger partial charge in [0.15, 0.2) is 0 Å². The standard InChI is InChI=1S/C14H13ClFNOS/c1-9-7-11(5-6-13(9)17)19(18)8-10-3-2-4-12(15)14(10)16/h2-7H,8,17H2,1H3. The number of hydrogen-bond acceptors (Lipinski definition) is 2. The fourth-order valence-electron chi connectivity index (χ4n) is 1.67. The first kappa shape index (κ1) is 14.0. The molecule has 2 aromatic carbocycles. The summed E-state index contributed by atoms with van der Waals surface area (Å²) in [6.45, 7) is 1.84. The summed E-state index contributed by atoms with van der Waals surface area (Å²) in [5.41, 5.74) is 7.56. The van der Waals surface area contributed by atoms with Crippen LogP contribution in [0.2, 0.25) is 5.02 Å². The fourth-order valence-corrected chi connectivity index (χ4v) is 3.07. The Kier molecular flexibility index (Phi) is 4.22. The first-order chi connectivity index (χ1) is 8.99. The highest BCUT2D eigenvalue weighted by molar-refractivity contribution is 7.84. The SMILES string of the molecule is Cc1cc(S(=O)Cc2cccc(Cl)c2F)ccc1N. The molecule has 0 saturated heterocycles. The highest BCUT2D eigenvalue weighted by atomic mass is 35.5. The minimum Gasteiger partial charge on any atom is -0.399 e. The average Bonchev–Trinajstić information content (AvgIpc) is 2.38. The van der Waals surface area contributed by atoms with Crippen molar-refractivity contribution in [2.75, 3.05) is 5.73 Å². The summed E-state index contributed by atoms with van der Waals surface area (Å²) in [7, 11) is -1.33. The summed E-state index contributed by atoms with van der Waals surface area (Å²) in [6, 6.07) is 9.86. The van der Waals surface area contributed by atoms with E-state index in [2.05, 4.69) is 0 Å². The summed E-state index contributed by atoms with van der Waals surface area (Å²) < 4.78 is 25.9. The molecule has 0 aromatic heterocycles. The third-order valence-corrected chi connectivity index (χ3v) is 4.47. The number of nitrogen functional groups attached to an aromatic ring is 1. The molecule has 0 radical (unpaired) electrons. The smallest absolute Gasteiger partial charge is 0.145 e. The number of hydrogen-bond donors (Lipinski definition) is 1. The van der Waals surface area contributed by atoms with E-state index in [4.69, 9.17) is 17.3 Å². The van der Waals surface area contributed by atoms with Crippen molar-refractivity contribution in [3.05, 3.63) is 58.4 Å². The van der Waals surface area contributed by atoms with Gasteiger partial charge in [-0.3, -0.25) is 4.21 Å². The lowest BCUT2D eigenvalue weighted by Gasteiger charge is -2.07. The number of rotatable bonds is 3. The molecule has 1 atom stereocenters. The molecule has 0 saturated carbocycles. The summed E-state index contributed by atoms with van der Waals surface area (Å²) >= 11 is 5.70. The first-order valence-electron chi connectivity index (χ1n) is 5.66. The molecule has 0 aliphatic rings. The van der Waals surface area contributed by atoms with Gasteiger partial charge in [-0.2, -0.15) is 0 Å². The molecule has 100 valence electrons. The van der Waals surface area contributed by atoms with Crippen LogP contribution < -0.4 is 5.73 Å². The third-order valence-electron chi connectivity index (χ3n) is 2.82. The van der Waals surface area contributed by atoms with E-state index in [-0.39, 0.29) is 10.8 Å². The molecule has 0 fully saturated rings. The molecule has 1 unspecified atom stereocenters. The van der Waals surface area contributed by atoms with Gasteiger partial charge < -0.3 is 5.73 Å². The van der Waals surface area contributed by atoms with Crippen molar-refractivity contribution >= 4 is 28.1 Å². The van der Waals surface area contributed by atoms with Crippen molar-refractivity contribution in [3.8, 4) is 0 Å². The van der Waals surface area contributed by atoms with Crippen molar-refractivity contribution in [1.82, 2.24) is 0 Å². The Morgan fingerprint density at radius 2 is 2.05 bits per heavy atom. The number of benzene rings is 2. The molecule has 2 aromatic rings. The normalized spacial score (nSPS) is 12.4. The first-order valence-corrected chi connectivity index (χ1v) is 7.36. The molecule has 2 N–H and O–H groups in total. The van der Waals surface area contributed by atoms with E-state index < -0.39 is 16.6 Å². The van der Waals surface area contributed by atoms with E-state index in [0.717, 1.165) is 5.56 Å². The van der Waals surface area contributed by atoms with Crippen molar-refractivity contribution < 1.29 is 8.60 Å². The maximum Gasteiger partial charge on any atom is 0.145 e. The Labute approximate surface area is 118 Å². The lowest BCUT2D eigenvalue weighted by Crippen LogP contribution is -2.00. The van der Waals surface area contributed by atoms with Crippen LogP contribution in [0.25, 0.3) is 0 Å². The van der Waals surface area contributed by atoms with Crippen LogP contribution in [0.3, 0.4) is 0 Å². The number of nitrogens with two attached hydrogens (primary N) is 1. The Balaban J connectivity index is 2.26. The minimum absolute atomic E-state index is 0.0444. The van der Waals surface area contributed by atoms with Crippen molar-refractivity contribution in [2.45, 2.75) is 17.6 Å². The van der Waals surface area contributed by atoms with Crippen LogP contribution in [0, 0.1) is 12.7 Å². The van der Waals surface area contributed by atoms with Gasteiger partial charge in [0, 0.05) is 16.1 Å². The summed E-state index contributed by atoms with van der Waals surface area (Å²) in [4.78, 5) is 0.631. The summed E-state index contributed by atoms with van der Waals surface area (Å²) in [6.07, 6.45) is 0. The zero-order valence-corrected chi connectivity index (χ0v) is 11.9. The van der Waals surface area contributed by atoms with E-state index in [1.54, 1.807) is 30.3 Å². The summed E-state index contributed by atoms with van der Waals surface area (Å²) in [5, 5.41) is 0.0444. The lowest BCUT2D eigenvalue weighted by molar-refractivity contribution is 0.615. The van der Waals surface area contributed by atoms with E-state index in [9.17, 15) is 8.60 Å². The topological polar surface area (TPSA) is 43.1 Å². The monoisotopic (exact) mass is 297 g/mol. The van der Waals surface area contributed by atoms with Gasteiger partial charge in [0.1, 0.15) is 5.82 Å². The summed E-state index contributed by atoms with van der Waals surface area (Å²) in [5.74, 6) is -0.417. The predicted molar refractivity (Wildman–Crippen MR) is 77.1 cm³/mol. The average molecular weight is 298 g/mol. The Hall–Kier alpha value is -1.39. The molecule has 0 aliphatic heterocycles. The van der Waals surface area contributed by atoms with Crippen molar-refractivity contribution in [3.63, 3.8) is 0 Å². The molecule has 2 rings (SSSR count). The fraction of sp³-hybridized carbons (Fsp3) is 0.143. The van der Waals surface area contributed by atoms with E-state index in [1.807, 2.05) is 6.92 Å². The molecule has 0 bridgehead atoms. The van der Waals surface area contributed by atoms with Gasteiger partial charge in [0.2, 0.25) is 0 Å². The second-order valence-electron chi connectivity index (χ2n) is 4.22. The Morgan fingerprint density at radius 1 is 1.32 bits per heavy atom. The van der Waals surface area contributed by atoms with Gasteiger partial charge >= 0.3 is 0 Å². The molecule has 19 heavy (non-hydrogen) atoms. The Morgan fingerprint density at radius 3 is 2.74 bits per heavy atom. The van der Waals surface area contributed by atoms with Gasteiger partial charge in [0.25, 0.3) is 0 Å². The van der Waals surface area contributed by atoms with Gasteiger partial charge in [-0.15, -0.1) is 0 Å². The minimum atomic E-state index is -1.33. The number of halogens is 2. The molecule has 0 spiro atoms. The van der Waals surface area contributed by atoms with Crippen molar-refractivity contribution in [1.29, 1.82) is 0 Å². The van der Waals surface area contributed by atoms with Gasteiger partial charge in [0.05, 0.1) is 21.6 Å². The van der Waals surface area contributed by atoms with Gasteiger partial charge in [-0.05, 0) is 36.8 Å². The molecule has 0 aliphatic carbocycles. The molecule has 0 amide bonds. The molecular formula is C14H13ClFNOS. The van der Waals surface area contributed by atoms with Crippen molar-refractivity contribution in [2.24, 2.45) is 0 Å². The highest BCUT2D eigenvalue weighted by Crippen LogP contribution is 2.22. The second-order valence-corrected chi connectivity index (χ2v) is 6.08. The van der Waals surface area contributed by atoms with Gasteiger partial charge in [-0.1, -0.05) is 23.7 Å². The third kappa shape index (κ3) is 3.14. The van der Waals surface area contributed by atoms with Crippen LogP contribution in [-0.4, -0.2) is 4.21 Å². The van der Waals surface area contributed by atoms with E-state index >= 15 is 0 Å². The molecular weight excluding hydrogens is 285 g/mol. The largest absolute Gasteiger partial charge is 0.399 e. The van der Waals surface area contributed by atoms with Crippen LogP contribution in [-0.2, 0) is 16.6 Å². The predicted octanol–water partition coefficient (Wildman–Crippen LogP) is 3.68. The second kappa shape index (κ2) is 5.72. The molecule has 0 heterocycles. The van der Waals surface area contributed by atoms with Crippen LogP contribution in [0.1, 0.15) is 11.1 Å². The van der Waals surface area contributed by atoms with E-state index in [0.29, 0.717) is 16.1 Å². The zero-order chi connectivity index (χ0) is 14.0. The molecule has 5 heteroatoms. The lowest BCUT2D eigenvalue weighted by atomic mass is 10.2. The van der Waals surface area contributed by atoms with Crippen LogP contribution in [0.5, 0.6) is 0 Å². The molecule has 2 nitrogen and oxygen atoms in total. The van der Waals surface area contributed by atoms with Gasteiger partial charge in [-0.25, -0.2) is 4.39 Å². The number of aryl methyl sites for hydroxylation is 1. The van der Waals surface area contributed by atoms with Crippen LogP contribution in [0.15, 0.2) is 41.3 Å². The highest BCUT2D eigenvalue weighted by Gasteiger charge is 2.11. The Bertz CT molecular complexity index is 645. The maximum atomic E-state index is 13.7. The number of anilines is 1. The van der Waals surface area contributed by atoms with E-state index in [1.165, 1.54) is 6.07 Å². The van der Waals surface area contributed by atoms with Crippen LogP contribution >= 0.6 is 11.6 Å². The maximum absolute atomic E-state index is 13.7. The zero-order valence-electron chi connectivity index (χ0n) is 10.3.